The molecule has 0 radical (unpaired) electrons. The first kappa shape index (κ1) is 20.4. The zero-order chi connectivity index (χ0) is 22.9. The van der Waals surface area contributed by atoms with Crippen molar-refractivity contribution in [2.75, 3.05) is 10.6 Å². The lowest BCUT2D eigenvalue weighted by Crippen LogP contribution is -2.05. The Morgan fingerprint density at radius 1 is 0.970 bits per heavy atom. The number of imidazole rings is 1. The summed E-state index contributed by atoms with van der Waals surface area (Å²) in [6, 6.07) is 17.2. The first-order valence-electron chi connectivity index (χ1n) is 10.4. The number of fused-ring (bicyclic) bond motifs is 1. The fraction of sp³-hybridized carbons (Fsp3) is 0.125. The molecule has 9 heteroatoms. The van der Waals surface area contributed by atoms with E-state index in [1.54, 1.807) is 6.33 Å². The number of aryl methyl sites for hydroxylation is 2. The molecule has 0 atom stereocenters. The van der Waals surface area contributed by atoms with Gasteiger partial charge in [-0.15, -0.1) is 0 Å². The van der Waals surface area contributed by atoms with Crippen LogP contribution in [0.5, 0.6) is 0 Å². The minimum atomic E-state index is -0.122. The number of hydrogen-bond donors (Lipinski definition) is 2. The van der Waals surface area contributed by atoms with Crippen LogP contribution in [-0.2, 0) is 4.79 Å². The minimum Gasteiger partial charge on any atom is -0.361 e. The number of carbonyl (C=O) groups is 1. The first-order chi connectivity index (χ1) is 16.0. The summed E-state index contributed by atoms with van der Waals surface area (Å²) in [5.74, 6) is 1.57. The highest BCUT2D eigenvalue weighted by atomic mass is 16.5. The standard InChI is InChI=1S/C24H21N7O2/c1-14-20(15(2)33-30-14)22-28-23(27-18-11-9-17(10-12-18)26-16(3)32)21-24(29-22)31(13-25-21)19-7-5-4-6-8-19/h4-13H,1-3H3,(H,26,32)(H,27,28,29). The Hall–Kier alpha value is -4.53. The van der Waals surface area contributed by atoms with Crippen molar-refractivity contribution in [3.05, 3.63) is 72.4 Å². The molecule has 0 saturated carbocycles. The van der Waals surface area contributed by atoms with Gasteiger partial charge in [-0.25, -0.2) is 15.0 Å². The van der Waals surface area contributed by atoms with Gasteiger partial charge in [0.25, 0.3) is 0 Å². The van der Waals surface area contributed by atoms with Crippen LogP contribution >= 0.6 is 0 Å². The lowest BCUT2D eigenvalue weighted by atomic mass is 10.2. The maximum Gasteiger partial charge on any atom is 0.221 e. The van der Waals surface area contributed by atoms with Gasteiger partial charge in [-0.2, -0.15) is 0 Å². The van der Waals surface area contributed by atoms with Crippen LogP contribution in [-0.4, -0.2) is 30.6 Å². The quantitative estimate of drug-likeness (QED) is 0.405. The number of aromatic nitrogens is 5. The number of anilines is 3. The lowest BCUT2D eigenvalue weighted by molar-refractivity contribution is -0.114. The van der Waals surface area contributed by atoms with Crippen molar-refractivity contribution in [1.29, 1.82) is 0 Å². The topological polar surface area (TPSA) is 111 Å². The summed E-state index contributed by atoms with van der Waals surface area (Å²) in [6.07, 6.45) is 1.73. The number of para-hydroxylation sites is 1. The van der Waals surface area contributed by atoms with E-state index in [1.807, 2.05) is 73.0 Å². The molecule has 5 rings (SSSR count). The van der Waals surface area contributed by atoms with E-state index in [0.29, 0.717) is 39.9 Å². The molecule has 2 N–H and O–H groups in total. The summed E-state index contributed by atoms with van der Waals surface area (Å²) in [4.78, 5) is 25.5. The molecule has 164 valence electrons. The van der Waals surface area contributed by atoms with Crippen molar-refractivity contribution in [3.8, 4) is 17.1 Å². The van der Waals surface area contributed by atoms with Crippen LogP contribution < -0.4 is 10.6 Å². The molecule has 0 saturated heterocycles. The number of carbonyl (C=O) groups excluding carboxylic acids is 1. The molecule has 0 aliphatic carbocycles. The van der Waals surface area contributed by atoms with Crippen molar-refractivity contribution < 1.29 is 9.32 Å². The lowest BCUT2D eigenvalue weighted by Gasteiger charge is -2.10. The second kappa shape index (κ2) is 8.19. The third kappa shape index (κ3) is 3.91. The molecule has 0 aliphatic rings. The van der Waals surface area contributed by atoms with Gasteiger partial charge in [0.2, 0.25) is 5.91 Å². The molecule has 0 bridgehead atoms. The molecule has 9 nitrogen and oxygen atoms in total. The van der Waals surface area contributed by atoms with E-state index in [-0.39, 0.29) is 5.91 Å². The van der Waals surface area contributed by atoms with Crippen LogP contribution in [0.4, 0.5) is 17.2 Å². The van der Waals surface area contributed by atoms with Gasteiger partial charge in [-0.05, 0) is 50.2 Å². The monoisotopic (exact) mass is 439 g/mol. The maximum atomic E-state index is 11.3. The smallest absolute Gasteiger partial charge is 0.221 e. The predicted octanol–water partition coefficient (Wildman–Crippen LogP) is 4.79. The van der Waals surface area contributed by atoms with Gasteiger partial charge in [0, 0.05) is 24.0 Å². The van der Waals surface area contributed by atoms with Crippen molar-refractivity contribution >= 4 is 34.3 Å². The van der Waals surface area contributed by atoms with Crippen molar-refractivity contribution in [2.45, 2.75) is 20.8 Å². The SMILES string of the molecule is CC(=O)Nc1ccc(Nc2nc(-c3c(C)noc3C)nc3c2ncn3-c2ccccc2)cc1. The Morgan fingerprint density at radius 3 is 2.36 bits per heavy atom. The van der Waals surface area contributed by atoms with Gasteiger partial charge in [-0.1, -0.05) is 23.4 Å². The summed E-state index contributed by atoms with van der Waals surface area (Å²) < 4.78 is 7.27. The molecular formula is C24H21N7O2. The minimum absolute atomic E-state index is 0.122. The van der Waals surface area contributed by atoms with E-state index < -0.39 is 0 Å². The predicted molar refractivity (Wildman–Crippen MR) is 126 cm³/mol. The second-order valence-electron chi connectivity index (χ2n) is 7.60. The molecule has 33 heavy (non-hydrogen) atoms. The van der Waals surface area contributed by atoms with Crippen LogP contribution in [0.25, 0.3) is 28.2 Å². The number of hydrogen-bond acceptors (Lipinski definition) is 7. The Labute approximate surface area is 189 Å². The number of amides is 1. The summed E-state index contributed by atoms with van der Waals surface area (Å²) in [6.45, 7) is 5.18. The molecule has 0 spiro atoms. The maximum absolute atomic E-state index is 11.3. The van der Waals surface area contributed by atoms with Crippen molar-refractivity contribution in [3.63, 3.8) is 0 Å². The molecule has 2 aromatic carbocycles. The van der Waals surface area contributed by atoms with Crippen molar-refractivity contribution in [2.24, 2.45) is 0 Å². The first-order valence-corrected chi connectivity index (χ1v) is 10.4. The van der Waals surface area contributed by atoms with Gasteiger partial charge in [0.15, 0.2) is 22.8 Å². The summed E-state index contributed by atoms with van der Waals surface area (Å²) in [7, 11) is 0. The fourth-order valence-corrected chi connectivity index (χ4v) is 3.66. The molecule has 0 fully saturated rings. The van der Waals surface area contributed by atoms with E-state index in [2.05, 4.69) is 20.8 Å². The third-order valence-corrected chi connectivity index (χ3v) is 5.16. The average molecular weight is 439 g/mol. The number of rotatable bonds is 5. The molecule has 0 aliphatic heterocycles. The van der Waals surface area contributed by atoms with Crippen LogP contribution in [0.2, 0.25) is 0 Å². The molecule has 5 aromatic rings. The Morgan fingerprint density at radius 2 is 1.70 bits per heavy atom. The van der Waals surface area contributed by atoms with Gasteiger partial charge in [0.05, 0.1) is 11.3 Å². The van der Waals surface area contributed by atoms with E-state index in [9.17, 15) is 4.79 Å². The largest absolute Gasteiger partial charge is 0.361 e. The highest BCUT2D eigenvalue weighted by Crippen LogP contribution is 2.31. The summed E-state index contributed by atoms with van der Waals surface area (Å²) in [5, 5.41) is 10.2. The zero-order valence-electron chi connectivity index (χ0n) is 18.3. The molecule has 3 heterocycles. The van der Waals surface area contributed by atoms with Gasteiger partial charge < -0.3 is 15.2 Å². The molecule has 3 aromatic heterocycles. The number of benzene rings is 2. The Bertz CT molecular complexity index is 1430. The van der Waals surface area contributed by atoms with Gasteiger partial charge >= 0.3 is 0 Å². The highest BCUT2D eigenvalue weighted by molar-refractivity contribution is 5.90. The third-order valence-electron chi connectivity index (χ3n) is 5.16. The van der Waals surface area contributed by atoms with E-state index >= 15 is 0 Å². The summed E-state index contributed by atoms with van der Waals surface area (Å²) >= 11 is 0. The molecular weight excluding hydrogens is 418 g/mol. The second-order valence-corrected chi connectivity index (χ2v) is 7.60. The van der Waals surface area contributed by atoms with Gasteiger partial charge in [0.1, 0.15) is 12.1 Å². The van der Waals surface area contributed by atoms with Crippen LogP contribution in [0.15, 0.2) is 65.4 Å². The van der Waals surface area contributed by atoms with Crippen LogP contribution in [0.3, 0.4) is 0 Å². The number of nitrogens with zero attached hydrogens (tertiary/aromatic N) is 5. The van der Waals surface area contributed by atoms with Crippen LogP contribution in [0.1, 0.15) is 18.4 Å². The normalized spacial score (nSPS) is 11.0. The van der Waals surface area contributed by atoms with Crippen LogP contribution in [0, 0.1) is 13.8 Å². The number of nitrogens with one attached hydrogen (secondary N) is 2. The summed E-state index contributed by atoms with van der Waals surface area (Å²) in [5.41, 5.74) is 5.19. The fourth-order valence-electron chi connectivity index (χ4n) is 3.66. The highest BCUT2D eigenvalue weighted by Gasteiger charge is 2.20. The molecule has 0 unspecified atom stereocenters. The van der Waals surface area contributed by atoms with E-state index in [4.69, 9.17) is 14.5 Å². The van der Waals surface area contributed by atoms with E-state index in [0.717, 1.165) is 16.9 Å². The van der Waals surface area contributed by atoms with E-state index in [1.165, 1.54) is 6.92 Å². The van der Waals surface area contributed by atoms with Gasteiger partial charge in [-0.3, -0.25) is 9.36 Å². The molecule has 1 amide bonds. The Balaban J connectivity index is 1.64. The van der Waals surface area contributed by atoms with Crippen molar-refractivity contribution in [1.82, 2.24) is 24.7 Å². The zero-order valence-corrected chi connectivity index (χ0v) is 18.3. The average Bonchev–Trinajstić information content (AvgIpc) is 3.38. The Kier molecular flexibility index (Phi) is 5.06.